The number of aryl methyl sites for hydroxylation is 1. The molecule has 0 radical (unpaired) electrons. The van der Waals surface area contributed by atoms with Crippen LogP contribution < -0.4 is 10.3 Å². The van der Waals surface area contributed by atoms with Crippen LogP contribution in [0.2, 0.25) is 0 Å². The second-order valence-corrected chi connectivity index (χ2v) is 5.27. The molecule has 118 valence electrons. The van der Waals surface area contributed by atoms with Gasteiger partial charge in [-0.25, -0.2) is 9.48 Å². The lowest BCUT2D eigenvalue weighted by Crippen LogP contribution is -2.25. The van der Waals surface area contributed by atoms with Crippen LogP contribution in [0.3, 0.4) is 0 Å². The molecule has 1 aromatic heterocycles. The molecule has 0 saturated carbocycles. The van der Waals surface area contributed by atoms with E-state index in [0.717, 1.165) is 47.1 Å². The minimum atomic E-state index is -1.05. The summed E-state index contributed by atoms with van der Waals surface area (Å²) in [7, 11) is 1.64. The van der Waals surface area contributed by atoms with Crippen LogP contribution in [0, 0.1) is 0 Å². The van der Waals surface area contributed by atoms with Crippen LogP contribution in [0.15, 0.2) is 41.2 Å². The molecule has 6 nitrogen and oxygen atoms in total. The van der Waals surface area contributed by atoms with Crippen LogP contribution in [0.5, 0.6) is 5.75 Å². The molecular formula is C17H16N2O4. The Labute approximate surface area is 132 Å². The van der Waals surface area contributed by atoms with Crippen molar-refractivity contribution in [3.05, 3.63) is 57.9 Å². The number of methoxy groups -OCH3 is 1. The highest BCUT2D eigenvalue weighted by molar-refractivity contribution is 5.79. The largest absolute Gasteiger partial charge is 0.496 e. The van der Waals surface area contributed by atoms with E-state index in [1.165, 1.54) is 10.8 Å². The Kier molecular flexibility index (Phi) is 3.97. The maximum atomic E-state index is 12.1. The molecule has 0 unspecified atom stereocenters. The first-order chi connectivity index (χ1) is 11.1. The first kappa shape index (κ1) is 15.0. The number of ether oxygens (including phenoxy) is 1. The second kappa shape index (κ2) is 6.08. The maximum absolute atomic E-state index is 12.1. The van der Waals surface area contributed by atoms with Gasteiger partial charge in [0.15, 0.2) is 0 Å². The third-order valence-corrected chi connectivity index (χ3v) is 3.87. The number of hydrogen-bond donors (Lipinski definition) is 1. The number of aromatic nitrogens is 2. The van der Waals surface area contributed by atoms with Crippen LogP contribution in [0.25, 0.3) is 11.3 Å². The van der Waals surface area contributed by atoms with Gasteiger partial charge in [-0.15, -0.1) is 0 Å². The average molecular weight is 312 g/mol. The van der Waals surface area contributed by atoms with Crippen molar-refractivity contribution in [2.24, 2.45) is 0 Å². The Hall–Kier alpha value is -2.89. The molecule has 0 aliphatic heterocycles. The summed E-state index contributed by atoms with van der Waals surface area (Å²) < 4.78 is 6.67. The van der Waals surface area contributed by atoms with Gasteiger partial charge in [0.25, 0.3) is 5.56 Å². The third-order valence-electron chi connectivity index (χ3n) is 3.87. The van der Waals surface area contributed by atoms with Crippen LogP contribution in [-0.2, 0) is 24.2 Å². The molecule has 1 aromatic carbocycles. The Morgan fingerprint density at radius 3 is 3.00 bits per heavy atom. The van der Waals surface area contributed by atoms with Gasteiger partial charge in [-0.1, -0.05) is 18.2 Å². The summed E-state index contributed by atoms with van der Waals surface area (Å²) in [6.45, 7) is 0.123. The molecule has 3 rings (SSSR count). The average Bonchev–Trinajstić information content (AvgIpc) is 2.54. The van der Waals surface area contributed by atoms with Crippen molar-refractivity contribution in [3.63, 3.8) is 0 Å². The fraction of sp³-hybridized carbons (Fsp3) is 0.235. The molecule has 0 fully saturated rings. The van der Waals surface area contributed by atoms with E-state index in [1.54, 1.807) is 13.2 Å². The number of hydrogen-bond acceptors (Lipinski definition) is 4. The zero-order valence-electron chi connectivity index (χ0n) is 12.7. The highest BCUT2D eigenvalue weighted by Gasteiger charge is 2.21. The standard InChI is InChI=1S/C17H16N2O4/c1-23-14-5-2-4-13-12(14)8-7-11-10-15(20)19(18-17(11)13)9-3-6-16(21)22/h2-6,10H,7-9H2,1H3,(H,21,22)/b6-3+. The second-order valence-electron chi connectivity index (χ2n) is 5.27. The van der Waals surface area contributed by atoms with Crippen molar-refractivity contribution in [1.82, 2.24) is 9.78 Å². The van der Waals surface area contributed by atoms with Crippen molar-refractivity contribution in [2.45, 2.75) is 19.4 Å². The SMILES string of the molecule is COc1cccc2c1CCc1cc(=O)n(C/C=C/C(=O)O)nc1-2. The van der Waals surface area contributed by atoms with Crippen molar-refractivity contribution in [1.29, 1.82) is 0 Å². The lowest BCUT2D eigenvalue weighted by molar-refractivity contribution is -0.131. The molecule has 2 aromatic rings. The van der Waals surface area contributed by atoms with Crippen LogP contribution in [-0.4, -0.2) is 28.0 Å². The van der Waals surface area contributed by atoms with E-state index in [-0.39, 0.29) is 12.1 Å². The minimum Gasteiger partial charge on any atom is -0.496 e. The number of fused-ring (bicyclic) bond motifs is 3. The topological polar surface area (TPSA) is 81.4 Å². The fourth-order valence-corrected chi connectivity index (χ4v) is 2.82. The minimum absolute atomic E-state index is 0.123. The predicted molar refractivity (Wildman–Crippen MR) is 84.7 cm³/mol. The van der Waals surface area contributed by atoms with Gasteiger partial charge >= 0.3 is 5.97 Å². The summed E-state index contributed by atoms with van der Waals surface area (Å²) in [6, 6.07) is 7.35. The molecule has 1 aliphatic rings. The number of allylic oxidation sites excluding steroid dienone is 1. The number of nitrogens with zero attached hydrogens (tertiary/aromatic N) is 2. The van der Waals surface area contributed by atoms with Gasteiger partial charge in [0.2, 0.25) is 0 Å². The van der Waals surface area contributed by atoms with Gasteiger partial charge < -0.3 is 9.84 Å². The number of benzene rings is 1. The van der Waals surface area contributed by atoms with Crippen molar-refractivity contribution in [2.75, 3.05) is 7.11 Å². The Morgan fingerprint density at radius 1 is 1.43 bits per heavy atom. The molecule has 0 bridgehead atoms. The number of carboxylic acid groups (broad SMARTS) is 1. The predicted octanol–water partition coefficient (Wildman–Crippen LogP) is 1.66. The summed E-state index contributed by atoms with van der Waals surface area (Å²) >= 11 is 0. The summed E-state index contributed by atoms with van der Waals surface area (Å²) in [6.07, 6.45) is 3.94. The van der Waals surface area contributed by atoms with E-state index in [0.29, 0.717) is 0 Å². The zero-order valence-corrected chi connectivity index (χ0v) is 12.7. The van der Waals surface area contributed by atoms with E-state index < -0.39 is 5.97 Å². The zero-order chi connectivity index (χ0) is 16.4. The van der Waals surface area contributed by atoms with E-state index >= 15 is 0 Å². The van der Waals surface area contributed by atoms with Crippen LogP contribution in [0.1, 0.15) is 11.1 Å². The third kappa shape index (κ3) is 2.88. The van der Waals surface area contributed by atoms with Gasteiger partial charge in [0, 0.05) is 23.3 Å². The fourth-order valence-electron chi connectivity index (χ4n) is 2.82. The molecule has 23 heavy (non-hydrogen) atoms. The van der Waals surface area contributed by atoms with Gasteiger partial charge in [0.05, 0.1) is 19.3 Å². The molecule has 0 saturated heterocycles. The molecule has 0 atom stereocenters. The normalized spacial score (nSPS) is 12.7. The summed E-state index contributed by atoms with van der Waals surface area (Å²) in [5.74, 6) is -0.232. The van der Waals surface area contributed by atoms with Gasteiger partial charge in [-0.2, -0.15) is 5.10 Å². The summed E-state index contributed by atoms with van der Waals surface area (Å²) in [5, 5.41) is 13.1. The lowest BCUT2D eigenvalue weighted by atomic mass is 9.89. The molecule has 1 aliphatic carbocycles. The smallest absolute Gasteiger partial charge is 0.328 e. The first-order valence-electron chi connectivity index (χ1n) is 7.27. The monoisotopic (exact) mass is 312 g/mol. The van der Waals surface area contributed by atoms with Gasteiger partial charge in [-0.3, -0.25) is 4.79 Å². The molecule has 1 N–H and O–H groups in total. The summed E-state index contributed by atoms with van der Waals surface area (Å²) in [4.78, 5) is 22.6. The highest BCUT2D eigenvalue weighted by Crippen LogP contribution is 2.36. The molecular weight excluding hydrogens is 296 g/mol. The number of rotatable bonds is 4. The van der Waals surface area contributed by atoms with Crippen molar-refractivity contribution < 1.29 is 14.6 Å². The molecule has 1 heterocycles. The maximum Gasteiger partial charge on any atom is 0.328 e. The number of carboxylic acids is 1. The Balaban J connectivity index is 2.07. The molecule has 0 amide bonds. The summed E-state index contributed by atoms with van der Waals surface area (Å²) in [5.41, 5.74) is 3.48. The van der Waals surface area contributed by atoms with Gasteiger partial charge in [0.1, 0.15) is 5.75 Å². The Bertz CT molecular complexity index is 852. The molecule has 6 heteroatoms. The number of carbonyl (C=O) groups is 1. The Morgan fingerprint density at radius 2 is 2.26 bits per heavy atom. The van der Waals surface area contributed by atoms with Crippen LogP contribution in [0.4, 0.5) is 0 Å². The van der Waals surface area contributed by atoms with Gasteiger partial charge in [-0.05, 0) is 24.5 Å². The molecule has 0 spiro atoms. The van der Waals surface area contributed by atoms with E-state index in [2.05, 4.69) is 5.10 Å². The highest BCUT2D eigenvalue weighted by atomic mass is 16.5. The van der Waals surface area contributed by atoms with E-state index in [1.807, 2.05) is 18.2 Å². The number of aliphatic carboxylic acids is 1. The first-order valence-corrected chi connectivity index (χ1v) is 7.27. The lowest BCUT2D eigenvalue weighted by Gasteiger charge is -2.21. The quantitative estimate of drug-likeness (QED) is 0.868. The van der Waals surface area contributed by atoms with Crippen molar-refractivity contribution in [3.8, 4) is 17.0 Å². The van der Waals surface area contributed by atoms with E-state index in [4.69, 9.17) is 9.84 Å². The van der Waals surface area contributed by atoms with Crippen molar-refractivity contribution >= 4 is 5.97 Å². The van der Waals surface area contributed by atoms with E-state index in [9.17, 15) is 9.59 Å². The van der Waals surface area contributed by atoms with Crippen LogP contribution >= 0.6 is 0 Å².